The van der Waals surface area contributed by atoms with Crippen molar-refractivity contribution < 1.29 is 23.7 Å². The molecule has 0 aliphatic carbocycles. The van der Waals surface area contributed by atoms with Crippen LogP contribution < -0.4 is 0 Å². The molecular formula is C20H28N2O5. The van der Waals surface area contributed by atoms with Crippen molar-refractivity contribution in [3.63, 3.8) is 0 Å². The number of carbonyl (C=O) groups excluding carboxylic acids is 1. The van der Waals surface area contributed by atoms with Crippen molar-refractivity contribution in [2.75, 3.05) is 41.2 Å². The summed E-state index contributed by atoms with van der Waals surface area (Å²) in [5.41, 5.74) is 3.25. The van der Waals surface area contributed by atoms with Crippen molar-refractivity contribution in [3.8, 4) is 0 Å². The molecule has 1 saturated heterocycles. The smallest absolute Gasteiger partial charge is 0.282 e. The summed E-state index contributed by atoms with van der Waals surface area (Å²) < 4.78 is 21.4. The van der Waals surface area contributed by atoms with Crippen LogP contribution in [0.2, 0.25) is 0 Å². The van der Waals surface area contributed by atoms with Gasteiger partial charge in [0.15, 0.2) is 0 Å². The zero-order valence-corrected chi connectivity index (χ0v) is 16.2. The predicted octanol–water partition coefficient (Wildman–Crippen LogP) is 2.44. The van der Waals surface area contributed by atoms with Gasteiger partial charge in [0.25, 0.3) is 5.91 Å². The Kier molecular flexibility index (Phi) is 6.49. The van der Waals surface area contributed by atoms with Gasteiger partial charge in [0.2, 0.25) is 5.79 Å². The molecule has 1 aliphatic rings. The number of benzene rings is 1. The number of aromatic nitrogens is 1. The molecule has 148 valence electrons. The van der Waals surface area contributed by atoms with Crippen LogP contribution >= 0.6 is 0 Å². The Labute approximate surface area is 159 Å². The first kappa shape index (κ1) is 19.8. The van der Waals surface area contributed by atoms with Gasteiger partial charge in [-0.05, 0) is 24.5 Å². The number of nitrogens with one attached hydrogen (secondary N) is 1. The number of rotatable bonds is 9. The molecule has 1 aromatic carbocycles. The number of nitrogens with zero attached hydrogens (tertiary/aromatic N) is 1. The Morgan fingerprint density at radius 2 is 1.96 bits per heavy atom. The number of carbonyl (C=O) groups is 1. The molecule has 1 fully saturated rings. The van der Waals surface area contributed by atoms with Crippen molar-refractivity contribution in [1.82, 2.24) is 9.88 Å². The van der Waals surface area contributed by atoms with Gasteiger partial charge in [-0.15, -0.1) is 0 Å². The number of amides is 1. The van der Waals surface area contributed by atoms with Crippen molar-refractivity contribution in [3.05, 3.63) is 35.5 Å². The minimum Gasteiger partial charge on any atom is -0.359 e. The lowest BCUT2D eigenvalue weighted by Gasteiger charge is -2.39. The maximum Gasteiger partial charge on any atom is 0.282 e. The van der Waals surface area contributed by atoms with Gasteiger partial charge >= 0.3 is 0 Å². The lowest BCUT2D eigenvalue weighted by Crippen LogP contribution is -2.56. The van der Waals surface area contributed by atoms with Crippen LogP contribution in [0, 0.1) is 0 Å². The summed E-state index contributed by atoms with van der Waals surface area (Å²) >= 11 is 0. The Bertz CT molecular complexity index is 769. The fourth-order valence-electron chi connectivity index (χ4n) is 3.77. The van der Waals surface area contributed by atoms with E-state index >= 15 is 0 Å². The molecule has 27 heavy (non-hydrogen) atoms. The second-order valence-electron chi connectivity index (χ2n) is 6.69. The van der Waals surface area contributed by atoms with Gasteiger partial charge < -0.3 is 28.8 Å². The van der Waals surface area contributed by atoms with Crippen LogP contribution in [0.1, 0.15) is 24.1 Å². The van der Waals surface area contributed by atoms with E-state index in [9.17, 15) is 4.79 Å². The number of hydrogen-bond acceptors (Lipinski definition) is 5. The molecule has 2 heterocycles. The maximum atomic E-state index is 12.9. The maximum absolute atomic E-state index is 12.9. The first-order valence-corrected chi connectivity index (χ1v) is 9.20. The Morgan fingerprint density at radius 3 is 2.70 bits per heavy atom. The largest absolute Gasteiger partial charge is 0.359 e. The predicted molar refractivity (Wildman–Crippen MR) is 101 cm³/mol. The highest BCUT2D eigenvalue weighted by molar-refractivity contribution is 5.86. The summed E-state index contributed by atoms with van der Waals surface area (Å²) in [4.78, 5) is 18.1. The molecule has 2 aromatic rings. The molecule has 7 heteroatoms. The fourth-order valence-corrected chi connectivity index (χ4v) is 3.77. The molecule has 1 aliphatic heterocycles. The first-order valence-electron chi connectivity index (χ1n) is 9.20. The lowest BCUT2D eigenvalue weighted by atomic mass is 10.0. The van der Waals surface area contributed by atoms with Crippen LogP contribution in [0.15, 0.2) is 24.3 Å². The fraction of sp³-hybridized carbons (Fsp3) is 0.550. The molecule has 7 nitrogen and oxygen atoms in total. The van der Waals surface area contributed by atoms with E-state index in [1.165, 1.54) is 19.8 Å². The van der Waals surface area contributed by atoms with Crippen molar-refractivity contribution >= 4 is 16.8 Å². The van der Waals surface area contributed by atoms with E-state index in [1.807, 2.05) is 23.1 Å². The monoisotopic (exact) mass is 376 g/mol. The minimum absolute atomic E-state index is 0.101. The average Bonchev–Trinajstić information content (AvgIpc) is 3.05. The average molecular weight is 376 g/mol. The molecule has 3 rings (SSSR count). The number of H-pyrrole nitrogens is 1. The number of fused-ring (bicyclic) bond motifs is 1. The summed E-state index contributed by atoms with van der Waals surface area (Å²) in [6.07, 6.45) is 2.16. The SMILES string of the molecule is COCOCc1[nH]c2ccccc2c1CCN1CCCC(OC)(OC)C1=O. The summed E-state index contributed by atoms with van der Waals surface area (Å²) in [6.45, 7) is 1.99. The summed E-state index contributed by atoms with van der Waals surface area (Å²) in [7, 11) is 4.65. The minimum atomic E-state index is -1.15. The molecule has 0 radical (unpaired) electrons. The second-order valence-corrected chi connectivity index (χ2v) is 6.69. The van der Waals surface area contributed by atoms with E-state index < -0.39 is 5.79 Å². The number of ether oxygens (including phenoxy) is 4. The first-order chi connectivity index (χ1) is 13.1. The zero-order chi connectivity index (χ0) is 19.3. The number of piperidine rings is 1. The van der Waals surface area contributed by atoms with E-state index in [4.69, 9.17) is 18.9 Å². The molecule has 1 aromatic heterocycles. The molecule has 0 unspecified atom stereocenters. The van der Waals surface area contributed by atoms with Crippen LogP contribution in [0.25, 0.3) is 10.9 Å². The van der Waals surface area contributed by atoms with Gasteiger partial charge in [0.05, 0.1) is 6.61 Å². The van der Waals surface area contributed by atoms with Gasteiger partial charge in [-0.1, -0.05) is 18.2 Å². The van der Waals surface area contributed by atoms with Gasteiger partial charge in [-0.3, -0.25) is 4.79 Å². The highest BCUT2D eigenvalue weighted by Crippen LogP contribution is 2.28. The standard InChI is InChI=1S/C20H28N2O5/c1-24-14-27-13-18-16(15-7-4-5-8-17(15)21-18)9-12-22-11-6-10-20(25-2,26-3)19(22)23/h4-5,7-8,21H,6,9-14H2,1-3H3. The zero-order valence-electron chi connectivity index (χ0n) is 16.2. The Balaban J connectivity index is 1.77. The number of hydrogen-bond donors (Lipinski definition) is 1. The summed E-state index contributed by atoms with van der Waals surface area (Å²) in [5, 5.41) is 1.16. The van der Waals surface area contributed by atoms with Crippen molar-refractivity contribution in [2.24, 2.45) is 0 Å². The van der Waals surface area contributed by atoms with Gasteiger partial charge in [-0.2, -0.15) is 0 Å². The summed E-state index contributed by atoms with van der Waals surface area (Å²) in [5.74, 6) is -1.25. The van der Waals surface area contributed by atoms with Crippen LogP contribution in [-0.4, -0.2) is 62.8 Å². The van der Waals surface area contributed by atoms with Crippen molar-refractivity contribution in [1.29, 1.82) is 0 Å². The molecule has 0 atom stereocenters. The third kappa shape index (κ3) is 4.01. The van der Waals surface area contributed by atoms with E-state index in [1.54, 1.807) is 7.11 Å². The van der Waals surface area contributed by atoms with Crippen molar-refractivity contribution in [2.45, 2.75) is 31.7 Å². The molecular weight excluding hydrogens is 348 g/mol. The number of aromatic amines is 1. The van der Waals surface area contributed by atoms with Gasteiger partial charge in [0.1, 0.15) is 6.79 Å². The third-order valence-corrected chi connectivity index (χ3v) is 5.19. The number of likely N-dealkylation sites (tertiary alicyclic amines) is 1. The quantitative estimate of drug-likeness (QED) is 0.538. The second kappa shape index (κ2) is 8.84. The van der Waals surface area contributed by atoms with E-state index in [2.05, 4.69) is 11.1 Å². The van der Waals surface area contributed by atoms with E-state index in [0.717, 1.165) is 29.4 Å². The van der Waals surface area contributed by atoms with Crippen LogP contribution in [0.4, 0.5) is 0 Å². The summed E-state index contributed by atoms with van der Waals surface area (Å²) in [6, 6.07) is 8.16. The van der Waals surface area contributed by atoms with E-state index in [-0.39, 0.29) is 12.7 Å². The normalized spacial score (nSPS) is 17.0. The molecule has 0 spiro atoms. The number of methoxy groups -OCH3 is 3. The molecule has 0 bridgehead atoms. The molecule has 0 saturated carbocycles. The highest BCUT2D eigenvalue weighted by atomic mass is 16.7. The van der Waals surface area contributed by atoms with Crippen LogP contribution in [0.3, 0.4) is 0 Å². The Morgan fingerprint density at radius 1 is 1.19 bits per heavy atom. The van der Waals surface area contributed by atoms with Crippen LogP contribution in [-0.2, 0) is 36.8 Å². The molecule has 1 N–H and O–H groups in total. The Hall–Kier alpha value is -1.93. The number of para-hydroxylation sites is 1. The van der Waals surface area contributed by atoms with Crippen LogP contribution in [0.5, 0.6) is 0 Å². The van der Waals surface area contributed by atoms with Gasteiger partial charge in [0, 0.05) is 57.4 Å². The van der Waals surface area contributed by atoms with E-state index in [0.29, 0.717) is 26.1 Å². The molecule has 1 amide bonds. The third-order valence-electron chi connectivity index (χ3n) is 5.19. The topological polar surface area (TPSA) is 73.0 Å². The lowest BCUT2D eigenvalue weighted by molar-refractivity contribution is -0.228. The highest BCUT2D eigenvalue weighted by Gasteiger charge is 2.44. The van der Waals surface area contributed by atoms with Gasteiger partial charge in [-0.25, -0.2) is 0 Å².